The van der Waals surface area contributed by atoms with Gasteiger partial charge >= 0.3 is 0 Å². The number of hydrogen-bond acceptors (Lipinski definition) is 3. The molecular weight excluding hydrogens is 174 g/mol. The number of hydrogen-bond donors (Lipinski definition) is 1. The molecule has 0 saturated heterocycles. The van der Waals surface area contributed by atoms with E-state index in [1.54, 1.807) is 6.07 Å². The summed E-state index contributed by atoms with van der Waals surface area (Å²) in [6, 6.07) is 7.37. The molecule has 2 N–H and O–H groups in total. The Hall–Kier alpha value is -1.40. The van der Waals surface area contributed by atoms with Gasteiger partial charge in [0.1, 0.15) is 11.8 Å². The first kappa shape index (κ1) is 10.7. The fraction of sp³-hybridized carbons (Fsp3) is 0.455. The lowest BCUT2D eigenvalue weighted by molar-refractivity contribution is 0.590. The molecule has 0 bridgehead atoms. The van der Waals surface area contributed by atoms with E-state index < -0.39 is 0 Å². The third kappa shape index (κ3) is 2.82. The number of nitrogens with two attached hydrogens (primary N) is 1. The SMILES string of the molecule is CCCC[C@@H](N)c1cccc(C#N)n1. The van der Waals surface area contributed by atoms with Crippen molar-refractivity contribution < 1.29 is 0 Å². The molecule has 0 fully saturated rings. The van der Waals surface area contributed by atoms with E-state index in [0.717, 1.165) is 25.0 Å². The minimum absolute atomic E-state index is 0.0387. The second kappa shape index (κ2) is 5.36. The molecular formula is C11H15N3. The van der Waals surface area contributed by atoms with E-state index in [2.05, 4.69) is 11.9 Å². The van der Waals surface area contributed by atoms with Crippen LogP contribution in [0, 0.1) is 11.3 Å². The van der Waals surface area contributed by atoms with Gasteiger partial charge in [-0.15, -0.1) is 0 Å². The monoisotopic (exact) mass is 189 g/mol. The molecule has 0 aromatic carbocycles. The van der Waals surface area contributed by atoms with Crippen molar-refractivity contribution in [2.75, 3.05) is 0 Å². The van der Waals surface area contributed by atoms with Gasteiger partial charge in [0, 0.05) is 6.04 Å². The third-order valence-electron chi connectivity index (χ3n) is 2.13. The van der Waals surface area contributed by atoms with Crippen molar-refractivity contribution in [3.8, 4) is 6.07 Å². The molecule has 0 amide bonds. The fourth-order valence-electron chi connectivity index (χ4n) is 1.29. The molecule has 0 aliphatic heterocycles. The van der Waals surface area contributed by atoms with Gasteiger partial charge in [-0.25, -0.2) is 4.98 Å². The van der Waals surface area contributed by atoms with Crippen LogP contribution in [-0.2, 0) is 0 Å². The maximum Gasteiger partial charge on any atom is 0.140 e. The van der Waals surface area contributed by atoms with Crippen molar-refractivity contribution in [2.24, 2.45) is 5.73 Å². The summed E-state index contributed by atoms with van der Waals surface area (Å²) in [5, 5.41) is 8.67. The summed E-state index contributed by atoms with van der Waals surface area (Å²) >= 11 is 0. The van der Waals surface area contributed by atoms with Gasteiger partial charge in [0.05, 0.1) is 5.69 Å². The van der Waals surface area contributed by atoms with E-state index in [1.807, 2.05) is 18.2 Å². The normalized spacial score (nSPS) is 12.1. The Balaban J connectivity index is 2.70. The quantitative estimate of drug-likeness (QED) is 0.789. The summed E-state index contributed by atoms with van der Waals surface area (Å²) in [6.45, 7) is 2.13. The fourth-order valence-corrected chi connectivity index (χ4v) is 1.29. The summed E-state index contributed by atoms with van der Waals surface area (Å²) in [6.07, 6.45) is 3.16. The zero-order valence-corrected chi connectivity index (χ0v) is 8.40. The number of nitriles is 1. The molecule has 0 radical (unpaired) electrons. The van der Waals surface area contributed by atoms with Gasteiger partial charge in [-0.2, -0.15) is 5.26 Å². The van der Waals surface area contributed by atoms with Crippen LogP contribution in [0.3, 0.4) is 0 Å². The number of nitrogens with zero attached hydrogens (tertiary/aromatic N) is 2. The molecule has 74 valence electrons. The molecule has 0 unspecified atom stereocenters. The van der Waals surface area contributed by atoms with Crippen LogP contribution in [0.2, 0.25) is 0 Å². The van der Waals surface area contributed by atoms with Crippen LogP contribution >= 0.6 is 0 Å². The first-order chi connectivity index (χ1) is 6.77. The van der Waals surface area contributed by atoms with E-state index in [-0.39, 0.29) is 6.04 Å². The highest BCUT2D eigenvalue weighted by molar-refractivity contribution is 5.23. The second-order valence-corrected chi connectivity index (χ2v) is 3.31. The van der Waals surface area contributed by atoms with Crippen molar-refractivity contribution in [1.82, 2.24) is 4.98 Å². The molecule has 0 saturated carbocycles. The zero-order valence-electron chi connectivity index (χ0n) is 8.40. The molecule has 0 aliphatic carbocycles. The van der Waals surface area contributed by atoms with E-state index in [9.17, 15) is 0 Å². The predicted molar refractivity (Wildman–Crippen MR) is 55.4 cm³/mol. The summed E-state index contributed by atoms with van der Waals surface area (Å²) in [5.41, 5.74) is 7.19. The molecule has 1 rings (SSSR count). The molecule has 1 atom stereocenters. The van der Waals surface area contributed by atoms with Crippen molar-refractivity contribution in [2.45, 2.75) is 32.2 Å². The Kier molecular flexibility index (Phi) is 4.09. The molecule has 1 aromatic rings. The van der Waals surface area contributed by atoms with Crippen LogP contribution in [0.25, 0.3) is 0 Å². The summed E-state index contributed by atoms with van der Waals surface area (Å²) in [5.74, 6) is 0. The highest BCUT2D eigenvalue weighted by atomic mass is 14.8. The topological polar surface area (TPSA) is 62.7 Å². The van der Waals surface area contributed by atoms with Crippen LogP contribution in [0.5, 0.6) is 0 Å². The van der Waals surface area contributed by atoms with Crippen molar-refractivity contribution in [1.29, 1.82) is 5.26 Å². The van der Waals surface area contributed by atoms with Gasteiger partial charge in [-0.1, -0.05) is 25.8 Å². The van der Waals surface area contributed by atoms with E-state index in [1.165, 1.54) is 0 Å². The van der Waals surface area contributed by atoms with Gasteiger partial charge in [0.15, 0.2) is 0 Å². The maximum absolute atomic E-state index is 8.67. The third-order valence-corrected chi connectivity index (χ3v) is 2.13. The largest absolute Gasteiger partial charge is 0.323 e. The van der Waals surface area contributed by atoms with Crippen LogP contribution in [-0.4, -0.2) is 4.98 Å². The highest BCUT2D eigenvalue weighted by Crippen LogP contribution is 2.14. The van der Waals surface area contributed by atoms with Gasteiger partial charge in [0.25, 0.3) is 0 Å². The molecule has 1 aromatic heterocycles. The average Bonchev–Trinajstić information content (AvgIpc) is 2.26. The summed E-state index contributed by atoms with van der Waals surface area (Å²) in [4.78, 5) is 4.16. The second-order valence-electron chi connectivity index (χ2n) is 3.31. The van der Waals surface area contributed by atoms with Crippen molar-refractivity contribution >= 4 is 0 Å². The highest BCUT2D eigenvalue weighted by Gasteiger charge is 2.06. The van der Waals surface area contributed by atoms with Crippen LogP contribution in [0.1, 0.15) is 43.6 Å². The lowest BCUT2D eigenvalue weighted by Crippen LogP contribution is -2.12. The standard InChI is InChI=1S/C11H15N3/c1-2-3-6-10(13)11-7-4-5-9(8-12)14-11/h4-5,7,10H,2-3,6,13H2,1H3/t10-/m1/s1. The Morgan fingerprint density at radius 2 is 2.36 bits per heavy atom. The molecule has 0 aliphatic rings. The van der Waals surface area contributed by atoms with Crippen molar-refractivity contribution in [3.63, 3.8) is 0 Å². The Labute approximate surface area is 84.6 Å². The smallest absolute Gasteiger partial charge is 0.140 e. The van der Waals surface area contributed by atoms with E-state index in [4.69, 9.17) is 11.0 Å². The van der Waals surface area contributed by atoms with Gasteiger partial charge < -0.3 is 5.73 Å². The van der Waals surface area contributed by atoms with Crippen LogP contribution in [0.4, 0.5) is 0 Å². The number of rotatable bonds is 4. The predicted octanol–water partition coefficient (Wildman–Crippen LogP) is 2.14. The minimum Gasteiger partial charge on any atom is -0.323 e. The molecule has 3 nitrogen and oxygen atoms in total. The molecule has 14 heavy (non-hydrogen) atoms. The summed E-state index contributed by atoms with van der Waals surface area (Å²) < 4.78 is 0. The zero-order chi connectivity index (χ0) is 10.4. The van der Waals surface area contributed by atoms with Gasteiger partial charge in [-0.05, 0) is 18.6 Å². The van der Waals surface area contributed by atoms with Gasteiger partial charge in [0.2, 0.25) is 0 Å². The van der Waals surface area contributed by atoms with Crippen molar-refractivity contribution in [3.05, 3.63) is 29.6 Å². The Bertz CT molecular complexity index is 328. The lowest BCUT2D eigenvalue weighted by Gasteiger charge is -2.09. The Morgan fingerprint density at radius 1 is 1.57 bits per heavy atom. The van der Waals surface area contributed by atoms with Crippen LogP contribution < -0.4 is 5.73 Å². The minimum atomic E-state index is -0.0387. The van der Waals surface area contributed by atoms with E-state index >= 15 is 0 Å². The lowest BCUT2D eigenvalue weighted by atomic mass is 10.1. The van der Waals surface area contributed by atoms with E-state index in [0.29, 0.717) is 5.69 Å². The first-order valence-electron chi connectivity index (χ1n) is 4.90. The maximum atomic E-state index is 8.67. The first-order valence-corrected chi connectivity index (χ1v) is 4.90. The molecule has 1 heterocycles. The molecule has 0 spiro atoms. The number of aromatic nitrogens is 1. The number of unbranched alkanes of at least 4 members (excludes halogenated alkanes) is 1. The summed E-state index contributed by atoms with van der Waals surface area (Å²) in [7, 11) is 0. The Morgan fingerprint density at radius 3 is 3.00 bits per heavy atom. The number of pyridine rings is 1. The molecule has 3 heteroatoms. The average molecular weight is 189 g/mol. The van der Waals surface area contributed by atoms with Gasteiger partial charge in [-0.3, -0.25) is 0 Å². The van der Waals surface area contributed by atoms with Crippen LogP contribution in [0.15, 0.2) is 18.2 Å².